The fourth-order valence-corrected chi connectivity index (χ4v) is 1.95. The van der Waals surface area contributed by atoms with E-state index in [4.69, 9.17) is 10.4 Å². The fraction of sp³-hybridized carbons (Fsp3) is 0. The molecule has 2 rings (SSSR count). The Hall–Kier alpha value is -1.80. The highest BCUT2D eigenvalue weighted by Crippen LogP contribution is 2.26. The van der Waals surface area contributed by atoms with Crippen LogP contribution in [0.25, 0.3) is 10.9 Å². The van der Waals surface area contributed by atoms with E-state index in [1.807, 2.05) is 6.07 Å². The molecule has 0 saturated carbocycles. The Kier molecular flexibility index (Phi) is 2.21. The largest absolute Gasteiger partial charge is 0.477 e. The number of benzene rings is 1. The number of rotatable bonds is 1. The SMILES string of the molecule is N#Cc1cc(Br)c2cc(C(=O)O)[nH]c2c1. The van der Waals surface area contributed by atoms with Crippen LogP contribution in [0.2, 0.25) is 0 Å². The van der Waals surface area contributed by atoms with E-state index in [2.05, 4.69) is 20.9 Å². The average Bonchev–Trinajstić information content (AvgIpc) is 2.61. The molecule has 1 aromatic carbocycles. The van der Waals surface area contributed by atoms with Gasteiger partial charge in [-0.3, -0.25) is 0 Å². The number of carboxylic acids is 1. The highest BCUT2D eigenvalue weighted by molar-refractivity contribution is 9.10. The molecule has 74 valence electrons. The first-order chi connectivity index (χ1) is 7.11. The van der Waals surface area contributed by atoms with Crippen LogP contribution in [0.15, 0.2) is 22.7 Å². The zero-order chi connectivity index (χ0) is 11.0. The molecule has 0 radical (unpaired) electrons. The molecule has 0 bridgehead atoms. The van der Waals surface area contributed by atoms with Crippen molar-refractivity contribution in [3.8, 4) is 6.07 Å². The molecule has 5 heteroatoms. The Morgan fingerprint density at radius 3 is 2.80 bits per heavy atom. The molecule has 0 aliphatic heterocycles. The number of carbonyl (C=O) groups is 1. The molecule has 1 heterocycles. The summed E-state index contributed by atoms with van der Waals surface area (Å²) < 4.78 is 0.709. The molecule has 0 unspecified atom stereocenters. The van der Waals surface area contributed by atoms with Crippen molar-refractivity contribution in [2.75, 3.05) is 0 Å². The molecule has 0 amide bonds. The van der Waals surface area contributed by atoms with E-state index < -0.39 is 5.97 Å². The van der Waals surface area contributed by atoms with Crippen LogP contribution >= 0.6 is 15.9 Å². The van der Waals surface area contributed by atoms with Gasteiger partial charge in [0.05, 0.1) is 11.6 Å². The Labute approximate surface area is 93.3 Å². The van der Waals surface area contributed by atoms with Gasteiger partial charge in [0.15, 0.2) is 0 Å². The van der Waals surface area contributed by atoms with Gasteiger partial charge in [0.25, 0.3) is 0 Å². The number of hydrogen-bond donors (Lipinski definition) is 2. The third-order valence-electron chi connectivity index (χ3n) is 2.05. The molecule has 0 spiro atoms. The maximum atomic E-state index is 10.7. The zero-order valence-electron chi connectivity index (χ0n) is 7.41. The second kappa shape index (κ2) is 3.41. The van der Waals surface area contributed by atoms with Crippen molar-refractivity contribution in [1.82, 2.24) is 4.98 Å². The molecule has 0 fully saturated rings. The van der Waals surface area contributed by atoms with Gasteiger partial charge in [0.1, 0.15) is 5.69 Å². The normalized spacial score (nSPS) is 10.1. The summed E-state index contributed by atoms with van der Waals surface area (Å²) in [4.78, 5) is 13.5. The highest BCUT2D eigenvalue weighted by atomic mass is 79.9. The first kappa shape index (κ1) is 9.74. The predicted octanol–water partition coefficient (Wildman–Crippen LogP) is 2.50. The van der Waals surface area contributed by atoms with Gasteiger partial charge in [-0.05, 0) is 18.2 Å². The molecule has 2 N–H and O–H groups in total. The van der Waals surface area contributed by atoms with Crippen molar-refractivity contribution in [2.45, 2.75) is 0 Å². The number of fused-ring (bicyclic) bond motifs is 1. The number of nitrogens with one attached hydrogen (secondary N) is 1. The van der Waals surface area contributed by atoms with Crippen molar-refractivity contribution in [3.05, 3.63) is 33.9 Å². The van der Waals surface area contributed by atoms with Crippen molar-refractivity contribution in [2.24, 2.45) is 0 Å². The van der Waals surface area contributed by atoms with Crippen LogP contribution in [0.5, 0.6) is 0 Å². The van der Waals surface area contributed by atoms with E-state index in [1.54, 1.807) is 12.1 Å². The molecular weight excluding hydrogens is 260 g/mol. The van der Waals surface area contributed by atoms with Gasteiger partial charge in [0, 0.05) is 15.4 Å². The monoisotopic (exact) mass is 264 g/mol. The second-order valence-corrected chi connectivity index (χ2v) is 3.87. The predicted molar refractivity (Wildman–Crippen MR) is 57.7 cm³/mol. The van der Waals surface area contributed by atoms with E-state index in [0.29, 0.717) is 15.6 Å². The summed E-state index contributed by atoms with van der Waals surface area (Å²) in [5, 5.41) is 18.3. The number of nitriles is 1. The van der Waals surface area contributed by atoms with Crippen molar-refractivity contribution in [3.63, 3.8) is 0 Å². The van der Waals surface area contributed by atoms with Gasteiger partial charge in [-0.25, -0.2) is 4.79 Å². The average molecular weight is 265 g/mol. The molecule has 1 aromatic heterocycles. The lowest BCUT2D eigenvalue weighted by atomic mass is 10.2. The van der Waals surface area contributed by atoms with E-state index in [-0.39, 0.29) is 5.69 Å². The van der Waals surface area contributed by atoms with Crippen LogP contribution < -0.4 is 0 Å². The molecule has 0 atom stereocenters. The van der Waals surface area contributed by atoms with Crippen molar-refractivity contribution in [1.29, 1.82) is 5.26 Å². The van der Waals surface area contributed by atoms with Crippen molar-refractivity contribution >= 4 is 32.8 Å². The maximum absolute atomic E-state index is 10.7. The molecule has 2 aromatic rings. The van der Waals surface area contributed by atoms with Gasteiger partial charge < -0.3 is 10.1 Å². The minimum Gasteiger partial charge on any atom is -0.477 e. The van der Waals surface area contributed by atoms with Crippen LogP contribution in [0.1, 0.15) is 16.1 Å². The summed E-state index contributed by atoms with van der Waals surface area (Å²) in [6.45, 7) is 0. The van der Waals surface area contributed by atoms with Crippen LogP contribution in [0, 0.1) is 11.3 Å². The number of hydrogen-bond acceptors (Lipinski definition) is 2. The summed E-state index contributed by atoms with van der Waals surface area (Å²) >= 11 is 3.29. The molecule has 0 saturated heterocycles. The minimum absolute atomic E-state index is 0.112. The smallest absolute Gasteiger partial charge is 0.352 e. The lowest BCUT2D eigenvalue weighted by Crippen LogP contribution is -1.94. The summed E-state index contributed by atoms with van der Waals surface area (Å²) in [5.41, 5.74) is 1.23. The number of H-pyrrole nitrogens is 1. The Morgan fingerprint density at radius 2 is 2.20 bits per heavy atom. The first-order valence-corrected chi connectivity index (χ1v) is 4.87. The third-order valence-corrected chi connectivity index (χ3v) is 2.70. The Bertz CT molecular complexity index is 595. The van der Waals surface area contributed by atoms with E-state index >= 15 is 0 Å². The minimum atomic E-state index is -1.02. The third kappa shape index (κ3) is 1.60. The van der Waals surface area contributed by atoms with E-state index in [9.17, 15) is 4.79 Å². The lowest BCUT2D eigenvalue weighted by Gasteiger charge is -1.94. The molecule has 0 aliphatic rings. The van der Waals surface area contributed by atoms with Crippen LogP contribution in [-0.2, 0) is 0 Å². The summed E-state index contributed by atoms with van der Waals surface area (Å²) in [6.07, 6.45) is 0. The lowest BCUT2D eigenvalue weighted by molar-refractivity contribution is 0.0691. The molecular formula is C10H5BrN2O2. The maximum Gasteiger partial charge on any atom is 0.352 e. The van der Waals surface area contributed by atoms with Gasteiger partial charge in [0.2, 0.25) is 0 Å². The van der Waals surface area contributed by atoms with Crippen LogP contribution in [0.4, 0.5) is 0 Å². The van der Waals surface area contributed by atoms with Gasteiger partial charge in [-0.1, -0.05) is 15.9 Å². The van der Waals surface area contributed by atoms with Gasteiger partial charge in [-0.2, -0.15) is 5.26 Å². The summed E-state index contributed by atoms with van der Waals surface area (Å²) in [7, 11) is 0. The first-order valence-electron chi connectivity index (χ1n) is 4.07. The summed E-state index contributed by atoms with van der Waals surface area (Å²) in [5.74, 6) is -1.02. The number of aromatic amines is 1. The molecule has 4 nitrogen and oxygen atoms in total. The topological polar surface area (TPSA) is 76.9 Å². The Balaban J connectivity index is 2.76. The van der Waals surface area contributed by atoms with Gasteiger partial charge >= 0.3 is 5.97 Å². The van der Waals surface area contributed by atoms with Crippen molar-refractivity contribution < 1.29 is 9.90 Å². The molecule has 0 aliphatic carbocycles. The highest BCUT2D eigenvalue weighted by Gasteiger charge is 2.10. The van der Waals surface area contributed by atoms with Crippen LogP contribution in [-0.4, -0.2) is 16.1 Å². The number of halogens is 1. The zero-order valence-corrected chi connectivity index (χ0v) is 9.00. The second-order valence-electron chi connectivity index (χ2n) is 3.02. The standard InChI is InChI=1S/C10H5BrN2O2/c11-7-1-5(4-12)2-8-6(7)3-9(13-8)10(14)15/h1-3,13H,(H,14,15). The number of nitrogens with zero attached hydrogens (tertiary/aromatic N) is 1. The quantitative estimate of drug-likeness (QED) is 0.831. The van der Waals surface area contributed by atoms with E-state index in [0.717, 1.165) is 5.39 Å². The fourth-order valence-electron chi connectivity index (χ4n) is 1.37. The molecule has 15 heavy (non-hydrogen) atoms. The summed E-state index contributed by atoms with van der Waals surface area (Å²) in [6, 6.07) is 6.80. The number of aromatic nitrogens is 1. The number of aromatic carboxylic acids is 1. The Morgan fingerprint density at radius 1 is 1.47 bits per heavy atom. The van der Waals surface area contributed by atoms with Crippen LogP contribution in [0.3, 0.4) is 0 Å². The number of carboxylic acid groups (broad SMARTS) is 1. The van der Waals surface area contributed by atoms with E-state index in [1.165, 1.54) is 6.07 Å². The van der Waals surface area contributed by atoms with Gasteiger partial charge in [-0.15, -0.1) is 0 Å².